The molecule has 0 saturated carbocycles. The van der Waals surface area contributed by atoms with Gasteiger partial charge in [-0.3, -0.25) is 4.31 Å². The van der Waals surface area contributed by atoms with E-state index < -0.39 is 16.1 Å². The molecule has 0 fully saturated rings. The van der Waals surface area contributed by atoms with Crippen LogP contribution in [0.4, 0.5) is 5.69 Å². The second-order valence-corrected chi connectivity index (χ2v) is 7.36. The van der Waals surface area contributed by atoms with Crippen LogP contribution in [0.2, 0.25) is 0 Å². The maximum absolute atomic E-state index is 12.9. The Bertz CT molecular complexity index is 805. The van der Waals surface area contributed by atoms with Gasteiger partial charge in [-0.05, 0) is 19.2 Å². The van der Waals surface area contributed by atoms with Crippen molar-refractivity contribution in [3.8, 4) is 0 Å². The van der Waals surface area contributed by atoms with E-state index in [1.165, 1.54) is 4.31 Å². The van der Waals surface area contributed by atoms with Gasteiger partial charge in [-0.1, -0.05) is 36.4 Å². The monoisotopic (exact) mass is 332 g/mol. The van der Waals surface area contributed by atoms with Gasteiger partial charge in [0.1, 0.15) is 6.10 Å². The first-order valence-electron chi connectivity index (χ1n) is 7.50. The Morgan fingerprint density at radius 2 is 1.74 bits per heavy atom. The van der Waals surface area contributed by atoms with Crippen LogP contribution in [0.5, 0.6) is 0 Å². The number of ether oxygens (including phenoxy) is 1. The molecule has 6 heteroatoms. The van der Waals surface area contributed by atoms with Gasteiger partial charge in [0.15, 0.2) is 0 Å². The van der Waals surface area contributed by atoms with Crippen LogP contribution < -0.4 is 9.62 Å². The Labute approximate surface area is 136 Å². The minimum absolute atomic E-state index is 0.299. The van der Waals surface area contributed by atoms with E-state index in [1.807, 2.05) is 43.4 Å². The number of benzene rings is 2. The lowest BCUT2D eigenvalue weighted by atomic mass is 9.99. The average molecular weight is 332 g/mol. The molecule has 0 bridgehead atoms. The third-order valence-electron chi connectivity index (χ3n) is 4.03. The summed E-state index contributed by atoms with van der Waals surface area (Å²) < 4.78 is 33.2. The number of fused-ring (bicyclic) bond motifs is 2. The van der Waals surface area contributed by atoms with Crippen LogP contribution >= 0.6 is 0 Å². The minimum Gasteiger partial charge on any atom is -0.367 e. The molecule has 1 atom stereocenters. The van der Waals surface area contributed by atoms with Gasteiger partial charge < -0.3 is 10.1 Å². The Kier molecular flexibility index (Phi) is 4.39. The Morgan fingerprint density at radius 3 is 2.48 bits per heavy atom. The molecule has 0 amide bonds. The summed E-state index contributed by atoms with van der Waals surface area (Å²) in [6.45, 7) is 1.19. The van der Waals surface area contributed by atoms with Crippen LogP contribution in [-0.4, -0.2) is 35.7 Å². The average Bonchev–Trinajstić information content (AvgIpc) is 2.64. The molecule has 0 aromatic heterocycles. The molecule has 0 saturated heterocycles. The van der Waals surface area contributed by atoms with Crippen LogP contribution in [-0.2, 0) is 14.8 Å². The van der Waals surface area contributed by atoms with Crippen molar-refractivity contribution in [1.29, 1.82) is 0 Å². The first-order chi connectivity index (χ1) is 11.1. The van der Waals surface area contributed by atoms with E-state index in [2.05, 4.69) is 5.32 Å². The van der Waals surface area contributed by atoms with Gasteiger partial charge in [0.05, 0.1) is 17.2 Å². The smallest absolute Gasteiger partial charge is 0.264 e. The lowest BCUT2D eigenvalue weighted by molar-refractivity contribution is 0.0819. The zero-order valence-electron chi connectivity index (χ0n) is 13.2. The summed E-state index contributed by atoms with van der Waals surface area (Å²) >= 11 is 0. The minimum atomic E-state index is -3.60. The van der Waals surface area contributed by atoms with Crippen LogP contribution in [0, 0.1) is 0 Å². The molecule has 5 nitrogen and oxygen atoms in total. The largest absolute Gasteiger partial charge is 0.367 e. The summed E-state index contributed by atoms with van der Waals surface area (Å²) in [4.78, 5) is 0.299. The van der Waals surface area contributed by atoms with Crippen molar-refractivity contribution >= 4 is 15.7 Å². The highest BCUT2D eigenvalue weighted by atomic mass is 32.2. The molecule has 0 radical (unpaired) electrons. The fourth-order valence-corrected chi connectivity index (χ4v) is 4.27. The number of para-hydroxylation sites is 1. The number of hydrogen-bond donors (Lipinski definition) is 1. The number of likely N-dealkylation sites (N-methyl/N-ethyl adjacent to an activating group) is 1. The predicted octanol–water partition coefficient (Wildman–Crippen LogP) is 2.15. The number of nitrogens with zero attached hydrogens (tertiary/aromatic N) is 1. The molecule has 0 spiro atoms. The third kappa shape index (κ3) is 2.73. The summed E-state index contributed by atoms with van der Waals surface area (Å²) in [5.41, 5.74) is 2.19. The van der Waals surface area contributed by atoms with Crippen LogP contribution in [0.15, 0.2) is 53.4 Å². The van der Waals surface area contributed by atoms with Crippen molar-refractivity contribution in [2.45, 2.75) is 11.0 Å². The van der Waals surface area contributed by atoms with Gasteiger partial charge in [-0.15, -0.1) is 0 Å². The third-order valence-corrected chi connectivity index (χ3v) is 5.88. The van der Waals surface area contributed by atoms with Crippen molar-refractivity contribution in [3.63, 3.8) is 0 Å². The van der Waals surface area contributed by atoms with E-state index in [-0.39, 0.29) is 0 Å². The van der Waals surface area contributed by atoms with E-state index in [4.69, 9.17) is 4.74 Å². The van der Waals surface area contributed by atoms with Gasteiger partial charge in [0.2, 0.25) is 0 Å². The van der Waals surface area contributed by atoms with Crippen molar-refractivity contribution in [2.24, 2.45) is 0 Å². The van der Waals surface area contributed by atoms with Gasteiger partial charge in [-0.2, -0.15) is 0 Å². The molecule has 1 unspecified atom stereocenters. The maximum atomic E-state index is 12.9. The second kappa shape index (κ2) is 6.31. The quantitative estimate of drug-likeness (QED) is 0.872. The topological polar surface area (TPSA) is 58.6 Å². The summed E-state index contributed by atoms with van der Waals surface area (Å²) in [6, 6.07) is 14.5. The van der Waals surface area contributed by atoms with Crippen molar-refractivity contribution in [1.82, 2.24) is 5.32 Å². The molecule has 1 aliphatic rings. The van der Waals surface area contributed by atoms with Crippen molar-refractivity contribution in [3.05, 3.63) is 59.7 Å². The zero-order chi connectivity index (χ0) is 16.4. The first kappa shape index (κ1) is 16.0. The highest BCUT2D eigenvalue weighted by Gasteiger charge is 2.34. The molecule has 1 aliphatic heterocycles. The van der Waals surface area contributed by atoms with Gasteiger partial charge in [-0.25, -0.2) is 8.42 Å². The van der Waals surface area contributed by atoms with E-state index in [0.29, 0.717) is 29.3 Å². The normalized spacial score (nSPS) is 18.9. The van der Waals surface area contributed by atoms with Crippen LogP contribution in [0.3, 0.4) is 0 Å². The molecular formula is C17H20N2O3S. The van der Waals surface area contributed by atoms with Crippen molar-refractivity contribution < 1.29 is 13.2 Å². The molecule has 1 N–H and O–H groups in total. The predicted molar refractivity (Wildman–Crippen MR) is 90.2 cm³/mol. The zero-order valence-corrected chi connectivity index (χ0v) is 14.0. The molecule has 0 aliphatic carbocycles. The Morgan fingerprint density at radius 1 is 1.09 bits per heavy atom. The molecule has 122 valence electrons. The lowest BCUT2D eigenvalue weighted by Gasteiger charge is -2.21. The second-order valence-electron chi connectivity index (χ2n) is 5.42. The molecule has 1 heterocycles. The molecule has 2 aromatic carbocycles. The number of nitrogens with one attached hydrogen (secondary N) is 1. The highest BCUT2D eigenvalue weighted by Crippen LogP contribution is 2.41. The number of sulfonamides is 1. The molecule has 23 heavy (non-hydrogen) atoms. The van der Waals surface area contributed by atoms with Gasteiger partial charge in [0.25, 0.3) is 10.0 Å². The Hall–Kier alpha value is -1.89. The first-order valence-corrected chi connectivity index (χ1v) is 8.94. The van der Waals surface area contributed by atoms with Crippen LogP contribution in [0.25, 0.3) is 0 Å². The number of rotatable bonds is 4. The maximum Gasteiger partial charge on any atom is 0.264 e. The van der Waals surface area contributed by atoms with E-state index in [9.17, 15) is 8.42 Å². The fourth-order valence-electron chi connectivity index (χ4n) is 2.83. The van der Waals surface area contributed by atoms with Gasteiger partial charge in [0, 0.05) is 24.7 Å². The lowest BCUT2D eigenvalue weighted by Crippen LogP contribution is -2.26. The number of hydrogen-bond acceptors (Lipinski definition) is 4. The van der Waals surface area contributed by atoms with Crippen molar-refractivity contribution in [2.75, 3.05) is 31.6 Å². The molecule has 3 rings (SSSR count). The standard InChI is InChI=1S/C17H20N2O3S/c1-18-11-12-22-17-13-7-3-5-9-15(13)19(2)23(20,21)16-10-6-4-8-14(16)17/h3-10,17-18H,11-12H2,1-2H3. The fraction of sp³-hybridized carbons (Fsp3) is 0.294. The van der Waals surface area contributed by atoms with E-state index in [0.717, 1.165) is 5.56 Å². The van der Waals surface area contributed by atoms with Crippen LogP contribution in [0.1, 0.15) is 17.2 Å². The van der Waals surface area contributed by atoms with E-state index >= 15 is 0 Å². The summed E-state index contributed by atoms with van der Waals surface area (Å²) in [5, 5.41) is 3.04. The summed E-state index contributed by atoms with van der Waals surface area (Å²) in [5.74, 6) is 0. The Balaban J connectivity index is 2.21. The van der Waals surface area contributed by atoms with E-state index in [1.54, 1.807) is 19.2 Å². The summed E-state index contributed by atoms with van der Waals surface area (Å²) in [6.07, 6.45) is -0.407. The summed E-state index contributed by atoms with van der Waals surface area (Å²) in [7, 11) is -0.154. The molecular weight excluding hydrogens is 312 g/mol. The number of anilines is 1. The highest BCUT2D eigenvalue weighted by molar-refractivity contribution is 7.92. The van der Waals surface area contributed by atoms with Gasteiger partial charge >= 0.3 is 0 Å². The SMILES string of the molecule is CNCCOC1c2ccccc2N(C)S(=O)(=O)c2ccccc21. The molecule has 2 aromatic rings.